The Balaban J connectivity index is 1.65. The van der Waals surface area contributed by atoms with Gasteiger partial charge in [0, 0.05) is 44.6 Å². The van der Waals surface area contributed by atoms with Gasteiger partial charge in [0.1, 0.15) is 5.82 Å². The number of hydrogen-bond donors (Lipinski definition) is 1. The van der Waals surface area contributed by atoms with Crippen LogP contribution >= 0.6 is 0 Å². The number of benzene rings is 2. The SMILES string of the molecule is COCCC(=O)N1CCNc2ccn3ncc(c3n2)-c2cccc(c2)N(S(=O)(=O)c2ccccc2[N+](=O)[O-])CC1. The van der Waals surface area contributed by atoms with Gasteiger partial charge >= 0.3 is 0 Å². The minimum absolute atomic E-state index is 0.0415. The number of rotatable bonds is 6. The van der Waals surface area contributed by atoms with Crippen LogP contribution in [0.2, 0.25) is 0 Å². The number of fused-ring (bicyclic) bond motifs is 4. The third kappa shape index (κ3) is 5.31. The quantitative estimate of drug-likeness (QED) is 0.275. The third-order valence-corrected chi connectivity index (χ3v) is 8.45. The standard InChI is InChI=1S/C26H27N7O6S/c1-39-16-10-25(34)30-13-11-27-24-9-12-31-26(29-24)21(18-28-31)19-5-4-6-20(17-19)32(15-14-30)40(37,38)23-8-3-2-7-22(23)33(35)36/h2-9,12,17-18H,10-11,13-16H2,1H3,(H,27,29). The van der Waals surface area contributed by atoms with Gasteiger partial charge in [-0.15, -0.1) is 0 Å². The van der Waals surface area contributed by atoms with Crippen LogP contribution < -0.4 is 9.62 Å². The highest BCUT2D eigenvalue weighted by atomic mass is 32.2. The number of para-hydroxylation sites is 1. The molecule has 0 atom stereocenters. The van der Waals surface area contributed by atoms with Crippen LogP contribution in [0, 0.1) is 10.1 Å². The Hall–Kier alpha value is -4.56. The second kappa shape index (κ2) is 11.3. The number of hydrogen-bond acceptors (Lipinski definition) is 9. The van der Waals surface area contributed by atoms with Crippen molar-refractivity contribution in [1.29, 1.82) is 0 Å². The largest absolute Gasteiger partial charge is 0.384 e. The molecule has 2 aromatic heterocycles. The summed E-state index contributed by atoms with van der Waals surface area (Å²) in [5.41, 5.74) is 1.65. The molecule has 1 aliphatic rings. The van der Waals surface area contributed by atoms with Crippen LogP contribution in [0.25, 0.3) is 16.8 Å². The Morgan fingerprint density at radius 2 is 1.95 bits per heavy atom. The molecule has 40 heavy (non-hydrogen) atoms. The second-order valence-electron chi connectivity index (χ2n) is 9.04. The first-order chi connectivity index (χ1) is 19.3. The van der Waals surface area contributed by atoms with Gasteiger partial charge in [-0.3, -0.25) is 19.2 Å². The van der Waals surface area contributed by atoms with Crippen molar-refractivity contribution in [2.45, 2.75) is 11.3 Å². The molecule has 4 aromatic rings. The number of methoxy groups -OCH3 is 1. The fourth-order valence-corrected chi connectivity index (χ4v) is 6.18. The van der Waals surface area contributed by atoms with Crippen LogP contribution in [0.15, 0.2) is 71.9 Å². The van der Waals surface area contributed by atoms with E-state index in [1.165, 1.54) is 25.3 Å². The summed E-state index contributed by atoms with van der Waals surface area (Å²) in [7, 11) is -2.92. The van der Waals surface area contributed by atoms with E-state index in [4.69, 9.17) is 4.74 Å². The summed E-state index contributed by atoms with van der Waals surface area (Å²) in [6.07, 6.45) is 3.52. The molecule has 13 nitrogen and oxygen atoms in total. The topological polar surface area (TPSA) is 152 Å². The second-order valence-corrected chi connectivity index (χ2v) is 10.9. The average molecular weight is 566 g/mol. The number of sulfonamides is 1. The van der Waals surface area contributed by atoms with Gasteiger partial charge in [0.15, 0.2) is 10.5 Å². The molecule has 0 aliphatic carbocycles. The minimum Gasteiger partial charge on any atom is -0.384 e. The van der Waals surface area contributed by atoms with Crippen LogP contribution in [-0.4, -0.2) is 78.6 Å². The van der Waals surface area contributed by atoms with Crippen LogP contribution in [-0.2, 0) is 19.6 Å². The van der Waals surface area contributed by atoms with Crippen molar-refractivity contribution < 1.29 is 22.9 Å². The van der Waals surface area contributed by atoms with Gasteiger partial charge in [-0.05, 0) is 29.8 Å². The van der Waals surface area contributed by atoms with Crippen molar-refractivity contribution in [2.24, 2.45) is 0 Å². The molecule has 0 saturated heterocycles. The number of aromatic nitrogens is 3. The van der Waals surface area contributed by atoms with E-state index < -0.39 is 25.5 Å². The van der Waals surface area contributed by atoms with Gasteiger partial charge in [0.25, 0.3) is 15.7 Å². The van der Waals surface area contributed by atoms with Gasteiger partial charge < -0.3 is 15.0 Å². The first kappa shape index (κ1) is 27.0. The third-order valence-electron chi connectivity index (χ3n) is 6.58. The van der Waals surface area contributed by atoms with Crippen LogP contribution in [0.4, 0.5) is 17.2 Å². The molecule has 208 valence electrons. The van der Waals surface area contributed by atoms with Crippen LogP contribution in [0.3, 0.4) is 0 Å². The highest BCUT2D eigenvalue weighted by Crippen LogP contribution is 2.33. The van der Waals surface area contributed by atoms with E-state index in [-0.39, 0.29) is 44.3 Å². The van der Waals surface area contributed by atoms with Gasteiger partial charge in [-0.1, -0.05) is 24.3 Å². The number of nitrogens with one attached hydrogen (secondary N) is 1. The molecule has 14 heteroatoms. The van der Waals surface area contributed by atoms with Gasteiger partial charge in [-0.2, -0.15) is 5.10 Å². The maximum absolute atomic E-state index is 14.0. The molecule has 5 rings (SSSR count). The molecular formula is C26H27N7O6S. The minimum atomic E-state index is -4.42. The van der Waals surface area contributed by atoms with Gasteiger partial charge in [-0.25, -0.2) is 17.9 Å². The predicted molar refractivity (Wildman–Crippen MR) is 148 cm³/mol. The number of nitrogens with zero attached hydrogens (tertiary/aromatic N) is 6. The Morgan fingerprint density at radius 3 is 2.75 bits per heavy atom. The van der Waals surface area contributed by atoms with E-state index in [1.54, 1.807) is 46.1 Å². The number of anilines is 2. The summed E-state index contributed by atoms with van der Waals surface area (Å²) in [5.74, 6) is 0.390. The average Bonchev–Trinajstić information content (AvgIpc) is 3.38. The number of nitro groups is 1. The number of nitro benzene ring substituents is 1. The van der Waals surface area contributed by atoms with E-state index in [0.29, 0.717) is 29.1 Å². The molecule has 1 amide bonds. The number of ether oxygens (including phenoxy) is 1. The molecule has 0 spiro atoms. The summed E-state index contributed by atoms with van der Waals surface area (Å²) in [6, 6.07) is 13.8. The molecule has 0 fully saturated rings. The summed E-state index contributed by atoms with van der Waals surface area (Å²) >= 11 is 0. The molecule has 3 heterocycles. The number of amides is 1. The van der Waals surface area contributed by atoms with Crippen molar-refractivity contribution in [1.82, 2.24) is 19.5 Å². The fraction of sp³-hybridized carbons (Fsp3) is 0.269. The molecule has 0 radical (unpaired) electrons. The maximum atomic E-state index is 14.0. The normalized spacial score (nSPS) is 14.1. The molecule has 0 unspecified atom stereocenters. The lowest BCUT2D eigenvalue weighted by Gasteiger charge is -2.29. The molecule has 2 aromatic carbocycles. The van der Waals surface area contributed by atoms with Crippen LogP contribution in [0.5, 0.6) is 0 Å². The molecule has 4 bridgehead atoms. The molecule has 1 N–H and O–H groups in total. The van der Waals surface area contributed by atoms with E-state index in [9.17, 15) is 23.3 Å². The Morgan fingerprint density at radius 1 is 1.12 bits per heavy atom. The monoisotopic (exact) mass is 565 g/mol. The van der Waals surface area contributed by atoms with Crippen molar-refractivity contribution in [3.63, 3.8) is 0 Å². The van der Waals surface area contributed by atoms with E-state index >= 15 is 0 Å². The zero-order chi connectivity index (χ0) is 28.3. The Bertz CT molecular complexity index is 1670. The lowest BCUT2D eigenvalue weighted by Crippen LogP contribution is -2.43. The summed E-state index contributed by atoms with van der Waals surface area (Å²) in [4.78, 5) is 29.9. The lowest BCUT2D eigenvalue weighted by atomic mass is 10.1. The Labute approximate surface area is 230 Å². The lowest BCUT2D eigenvalue weighted by molar-refractivity contribution is -0.387. The van der Waals surface area contributed by atoms with Crippen molar-refractivity contribution in [3.05, 3.63) is 77.1 Å². The fourth-order valence-electron chi connectivity index (χ4n) is 4.57. The first-order valence-corrected chi connectivity index (χ1v) is 13.9. The van der Waals surface area contributed by atoms with Gasteiger partial charge in [0.2, 0.25) is 5.91 Å². The zero-order valence-corrected chi connectivity index (χ0v) is 22.5. The maximum Gasteiger partial charge on any atom is 0.289 e. The summed E-state index contributed by atoms with van der Waals surface area (Å²) in [6.45, 7) is 0.739. The summed E-state index contributed by atoms with van der Waals surface area (Å²) < 4.78 is 35.9. The predicted octanol–water partition coefficient (Wildman–Crippen LogP) is 2.79. The number of carbonyl (C=O) groups is 1. The highest BCUT2D eigenvalue weighted by Gasteiger charge is 2.32. The van der Waals surface area contributed by atoms with Gasteiger partial charge in [0.05, 0.1) is 36.4 Å². The van der Waals surface area contributed by atoms with E-state index in [1.807, 2.05) is 6.07 Å². The van der Waals surface area contributed by atoms with Crippen molar-refractivity contribution >= 4 is 38.8 Å². The highest BCUT2D eigenvalue weighted by molar-refractivity contribution is 7.93. The molecule has 0 saturated carbocycles. The smallest absolute Gasteiger partial charge is 0.289 e. The first-order valence-electron chi connectivity index (χ1n) is 12.5. The van der Waals surface area contributed by atoms with E-state index in [2.05, 4.69) is 15.4 Å². The van der Waals surface area contributed by atoms with E-state index in [0.717, 1.165) is 10.4 Å². The molecular weight excluding hydrogens is 538 g/mol. The van der Waals surface area contributed by atoms with Crippen LogP contribution in [0.1, 0.15) is 6.42 Å². The summed E-state index contributed by atoms with van der Waals surface area (Å²) in [5, 5.41) is 19.3. The zero-order valence-electron chi connectivity index (χ0n) is 21.6. The Kier molecular flexibility index (Phi) is 7.62. The van der Waals surface area contributed by atoms with Crippen molar-refractivity contribution in [3.8, 4) is 11.1 Å². The number of carbonyl (C=O) groups excluding carboxylic acids is 1. The van der Waals surface area contributed by atoms with Crippen molar-refractivity contribution in [2.75, 3.05) is 49.5 Å². The molecule has 1 aliphatic heterocycles.